The van der Waals surface area contributed by atoms with E-state index in [-0.39, 0.29) is 18.2 Å². The van der Waals surface area contributed by atoms with Crippen molar-refractivity contribution in [3.05, 3.63) is 53.6 Å². The zero-order chi connectivity index (χ0) is 17.3. The van der Waals surface area contributed by atoms with Gasteiger partial charge in [-0.15, -0.1) is 0 Å². The summed E-state index contributed by atoms with van der Waals surface area (Å²) in [6.45, 7) is 3.49. The lowest BCUT2D eigenvalue weighted by Crippen LogP contribution is -2.48. The van der Waals surface area contributed by atoms with Crippen molar-refractivity contribution in [1.82, 2.24) is 0 Å². The van der Waals surface area contributed by atoms with Gasteiger partial charge in [-0.3, -0.25) is 14.5 Å². The van der Waals surface area contributed by atoms with Crippen LogP contribution in [-0.4, -0.2) is 24.3 Å². The molecule has 1 amide bonds. The van der Waals surface area contributed by atoms with Gasteiger partial charge in [0.25, 0.3) is 5.91 Å². The smallest absolute Gasteiger partial charge is 0.268 e. The van der Waals surface area contributed by atoms with Crippen LogP contribution in [0, 0.1) is 6.92 Å². The highest BCUT2D eigenvalue weighted by atomic mass is 16.5. The molecule has 5 nitrogen and oxygen atoms in total. The Kier molecular flexibility index (Phi) is 4.25. The van der Waals surface area contributed by atoms with E-state index in [1.807, 2.05) is 31.2 Å². The summed E-state index contributed by atoms with van der Waals surface area (Å²) in [5.74, 6) is 0.264. The number of nitrogen functional groups attached to an aromatic ring is 1. The van der Waals surface area contributed by atoms with E-state index < -0.39 is 6.10 Å². The molecule has 2 aromatic carbocycles. The van der Waals surface area contributed by atoms with Gasteiger partial charge < -0.3 is 10.5 Å². The Balaban J connectivity index is 1.94. The average Bonchev–Trinajstić information content (AvgIpc) is 2.52. The van der Waals surface area contributed by atoms with Gasteiger partial charge in [-0.1, -0.05) is 29.8 Å². The normalized spacial score (nSPS) is 16.5. The fraction of sp³-hybridized carbons (Fsp3) is 0.263. The first-order chi connectivity index (χ1) is 11.4. The Morgan fingerprint density at radius 2 is 2.04 bits per heavy atom. The lowest BCUT2D eigenvalue weighted by molar-refractivity contribution is -0.128. The second-order valence-electron chi connectivity index (χ2n) is 6.15. The molecular weight excluding hydrogens is 304 g/mol. The lowest BCUT2D eigenvalue weighted by atomic mass is 10.0. The van der Waals surface area contributed by atoms with Crippen LogP contribution in [0.3, 0.4) is 0 Å². The topological polar surface area (TPSA) is 72.6 Å². The number of amides is 1. The van der Waals surface area contributed by atoms with Gasteiger partial charge in [-0.05, 0) is 37.6 Å². The number of anilines is 2. The third-order valence-electron chi connectivity index (χ3n) is 3.97. The molecule has 2 N–H and O–H groups in total. The summed E-state index contributed by atoms with van der Waals surface area (Å²) in [5.41, 5.74) is 9.04. The molecule has 1 unspecified atom stereocenters. The van der Waals surface area contributed by atoms with Crippen molar-refractivity contribution < 1.29 is 14.3 Å². The average molecular weight is 324 g/mol. The largest absolute Gasteiger partial charge is 0.478 e. The van der Waals surface area contributed by atoms with Crippen LogP contribution >= 0.6 is 0 Å². The number of benzene rings is 2. The van der Waals surface area contributed by atoms with Crippen molar-refractivity contribution in [1.29, 1.82) is 0 Å². The van der Waals surface area contributed by atoms with Crippen LogP contribution in [0.2, 0.25) is 0 Å². The number of nitrogens with two attached hydrogens (primary N) is 1. The summed E-state index contributed by atoms with van der Waals surface area (Å²) >= 11 is 0. The second kappa shape index (κ2) is 6.35. The quantitative estimate of drug-likeness (QED) is 0.877. The van der Waals surface area contributed by atoms with Gasteiger partial charge in [-0.25, -0.2) is 0 Å². The third-order valence-corrected chi connectivity index (χ3v) is 3.97. The molecule has 2 aromatic rings. The summed E-state index contributed by atoms with van der Waals surface area (Å²) < 4.78 is 5.90. The van der Waals surface area contributed by atoms with Crippen molar-refractivity contribution >= 4 is 23.1 Å². The lowest BCUT2D eigenvalue weighted by Gasteiger charge is -2.34. The fourth-order valence-corrected chi connectivity index (χ4v) is 2.91. The molecule has 0 bridgehead atoms. The molecule has 5 heteroatoms. The van der Waals surface area contributed by atoms with Crippen LogP contribution in [0.25, 0.3) is 0 Å². The minimum absolute atomic E-state index is 0.0168. The molecule has 0 saturated carbocycles. The highest BCUT2D eigenvalue weighted by Gasteiger charge is 2.35. The van der Waals surface area contributed by atoms with Crippen LogP contribution in [0.4, 0.5) is 11.4 Å². The highest BCUT2D eigenvalue weighted by molar-refractivity contribution is 6.04. The van der Waals surface area contributed by atoms with Crippen LogP contribution < -0.4 is 15.4 Å². The Bertz CT molecular complexity index is 801. The van der Waals surface area contributed by atoms with Gasteiger partial charge in [0.15, 0.2) is 6.10 Å². The number of carbonyl (C=O) groups is 2. The number of Topliss-reactive ketones (excluding diaryl/α,β-unsaturated/α-hetero) is 1. The number of fused-ring (bicyclic) bond motifs is 1. The summed E-state index contributed by atoms with van der Waals surface area (Å²) in [7, 11) is 0. The fourth-order valence-electron chi connectivity index (χ4n) is 2.91. The maximum absolute atomic E-state index is 12.8. The number of nitrogens with zero attached hydrogens (tertiary/aromatic N) is 1. The van der Waals surface area contributed by atoms with Crippen LogP contribution in [0.5, 0.6) is 5.75 Å². The van der Waals surface area contributed by atoms with E-state index in [0.29, 0.717) is 23.5 Å². The molecule has 0 spiro atoms. The number of ether oxygens (including phenoxy) is 1. The first kappa shape index (κ1) is 16.1. The van der Waals surface area contributed by atoms with Crippen molar-refractivity contribution in [3.8, 4) is 5.75 Å². The summed E-state index contributed by atoms with van der Waals surface area (Å²) in [4.78, 5) is 25.9. The molecule has 0 radical (unpaired) electrons. The Labute approximate surface area is 141 Å². The van der Waals surface area contributed by atoms with Crippen molar-refractivity contribution in [2.24, 2.45) is 0 Å². The predicted octanol–water partition coefficient (Wildman–Crippen LogP) is 2.50. The summed E-state index contributed by atoms with van der Waals surface area (Å²) in [6, 6.07) is 13.1. The first-order valence-electron chi connectivity index (χ1n) is 7.86. The molecule has 1 heterocycles. The van der Waals surface area contributed by atoms with E-state index in [1.54, 1.807) is 18.2 Å². The number of hydrogen-bond donors (Lipinski definition) is 1. The van der Waals surface area contributed by atoms with Gasteiger partial charge in [-0.2, -0.15) is 0 Å². The molecule has 1 aliphatic heterocycles. The third kappa shape index (κ3) is 3.25. The molecule has 1 aliphatic rings. The maximum atomic E-state index is 12.8. The summed E-state index contributed by atoms with van der Waals surface area (Å²) in [5, 5.41) is 0. The molecule has 24 heavy (non-hydrogen) atoms. The van der Waals surface area contributed by atoms with Crippen LogP contribution in [0.1, 0.15) is 18.1 Å². The SMILES string of the molecule is CC(=O)CN1C(=O)C(Cc2cccc(C)c2)Oc2ccc(N)cc21. The van der Waals surface area contributed by atoms with E-state index >= 15 is 0 Å². The Morgan fingerprint density at radius 1 is 1.25 bits per heavy atom. The van der Waals surface area contributed by atoms with E-state index in [2.05, 4.69) is 0 Å². The van der Waals surface area contributed by atoms with E-state index in [1.165, 1.54) is 11.8 Å². The summed E-state index contributed by atoms with van der Waals surface area (Å²) in [6.07, 6.45) is -0.194. The molecular formula is C19H20N2O3. The molecule has 0 fully saturated rings. The molecule has 124 valence electrons. The first-order valence-corrected chi connectivity index (χ1v) is 7.86. The minimum Gasteiger partial charge on any atom is -0.478 e. The van der Waals surface area contributed by atoms with Crippen molar-refractivity contribution in [2.75, 3.05) is 17.2 Å². The number of carbonyl (C=O) groups excluding carboxylic acids is 2. The molecule has 0 aliphatic carbocycles. The standard InChI is InChI=1S/C19H20N2O3/c1-12-4-3-5-14(8-12)9-18-19(23)21(11-13(2)22)16-10-15(20)6-7-17(16)24-18/h3-8,10,18H,9,11,20H2,1-2H3. The zero-order valence-corrected chi connectivity index (χ0v) is 13.8. The Morgan fingerprint density at radius 3 is 2.75 bits per heavy atom. The van der Waals surface area contributed by atoms with Crippen molar-refractivity contribution in [2.45, 2.75) is 26.4 Å². The molecule has 3 rings (SSSR count). The highest BCUT2D eigenvalue weighted by Crippen LogP contribution is 2.36. The number of ketones is 1. The van der Waals surface area contributed by atoms with Gasteiger partial charge in [0.05, 0.1) is 12.2 Å². The van der Waals surface area contributed by atoms with Crippen LogP contribution in [-0.2, 0) is 16.0 Å². The maximum Gasteiger partial charge on any atom is 0.268 e. The van der Waals surface area contributed by atoms with E-state index in [0.717, 1.165) is 11.1 Å². The van der Waals surface area contributed by atoms with Gasteiger partial charge in [0.1, 0.15) is 11.5 Å². The zero-order valence-electron chi connectivity index (χ0n) is 13.8. The predicted molar refractivity (Wildman–Crippen MR) is 93.2 cm³/mol. The van der Waals surface area contributed by atoms with Crippen LogP contribution in [0.15, 0.2) is 42.5 Å². The van der Waals surface area contributed by atoms with E-state index in [9.17, 15) is 9.59 Å². The Hall–Kier alpha value is -2.82. The second-order valence-corrected chi connectivity index (χ2v) is 6.15. The van der Waals surface area contributed by atoms with E-state index in [4.69, 9.17) is 10.5 Å². The minimum atomic E-state index is -0.651. The van der Waals surface area contributed by atoms with Gasteiger partial charge in [0, 0.05) is 12.1 Å². The molecule has 0 aromatic heterocycles. The van der Waals surface area contributed by atoms with Gasteiger partial charge >= 0.3 is 0 Å². The number of hydrogen-bond acceptors (Lipinski definition) is 4. The molecule has 0 saturated heterocycles. The van der Waals surface area contributed by atoms with Crippen molar-refractivity contribution in [3.63, 3.8) is 0 Å². The monoisotopic (exact) mass is 324 g/mol. The number of aryl methyl sites for hydroxylation is 1. The van der Waals surface area contributed by atoms with Gasteiger partial charge in [0.2, 0.25) is 0 Å². The number of rotatable bonds is 4. The molecule has 1 atom stereocenters.